The number of rotatable bonds is 6. The molecule has 4 atom stereocenters. The van der Waals surface area contributed by atoms with Crippen molar-refractivity contribution in [1.29, 1.82) is 0 Å². The van der Waals surface area contributed by atoms with Crippen molar-refractivity contribution in [2.75, 3.05) is 27.3 Å². The summed E-state index contributed by atoms with van der Waals surface area (Å²) >= 11 is 0. The molecule has 2 N–H and O–H groups in total. The van der Waals surface area contributed by atoms with Gasteiger partial charge in [0, 0.05) is 39.5 Å². The minimum Gasteiger partial charge on any atom is -0.377 e. The van der Waals surface area contributed by atoms with Crippen molar-refractivity contribution < 1.29 is 9.47 Å². The highest BCUT2D eigenvalue weighted by atomic mass is 16.5. The van der Waals surface area contributed by atoms with Crippen LogP contribution in [-0.4, -0.2) is 55.4 Å². The third-order valence-corrected chi connectivity index (χ3v) is 4.11. The van der Waals surface area contributed by atoms with Crippen LogP contribution in [0.25, 0.3) is 0 Å². The van der Waals surface area contributed by atoms with E-state index in [1.54, 1.807) is 14.2 Å². The predicted octanol–water partition coefficient (Wildman–Crippen LogP) is 1.21. The maximum Gasteiger partial charge on any atom is 0.0972 e. The number of aromatic nitrogens is 1. The van der Waals surface area contributed by atoms with Gasteiger partial charge in [0.05, 0.1) is 23.9 Å². The van der Waals surface area contributed by atoms with Crippen molar-refractivity contribution in [3.63, 3.8) is 0 Å². The van der Waals surface area contributed by atoms with Crippen molar-refractivity contribution in [3.8, 4) is 0 Å². The highest BCUT2D eigenvalue weighted by molar-refractivity contribution is 5.13. The van der Waals surface area contributed by atoms with Crippen LogP contribution in [0.5, 0.6) is 0 Å². The second-order valence-electron chi connectivity index (χ2n) is 5.27. The van der Waals surface area contributed by atoms with Crippen molar-refractivity contribution in [3.05, 3.63) is 30.1 Å². The van der Waals surface area contributed by atoms with Crippen LogP contribution in [0.4, 0.5) is 0 Å². The number of hydrogen-bond acceptors (Lipinski definition) is 5. The zero-order valence-corrected chi connectivity index (χ0v) is 12.5. The summed E-state index contributed by atoms with van der Waals surface area (Å²) in [7, 11) is 3.46. The summed E-state index contributed by atoms with van der Waals surface area (Å²) in [6, 6.07) is 6.15. The minimum atomic E-state index is 0.0537. The molecular formula is C15H25N3O2. The molecule has 2 rings (SSSR count). The molecule has 1 fully saturated rings. The van der Waals surface area contributed by atoms with Gasteiger partial charge in [-0.2, -0.15) is 0 Å². The monoisotopic (exact) mass is 279 g/mol. The molecule has 1 aromatic rings. The molecule has 5 heteroatoms. The standard InChI is InChI=1S/C15H25N3O2/c1-4-11(16)15(12-7-5-6-8-17-12)18-9-13(19-2)14(10-18)20-3/h5-8,11,13-15H,4,9-10,16H2,1-3H3. The summed E-state index contributed by atoms with van der Waals surface area (Å²) < 4.78 is 11.0. The highest BCUT2D eigenvalue weighted by Gasteiger charge is 2.39. The van der Waals surface area contributed by atoms with Crippen molar-refractivity contribution in [1.82, 2.24) is 9.88 Å². The minimum absolute atomic E-state index is 0.0537. The first-order chi connectivity index (χ1) is 9.71. The number of nitrogens with zero attached hydrogens (tertiary/aromatic N) is 2. The van der Waals surface area contributed by atoms with E-state index < -0.39 is 0 Å². The van der Waals surface area contributed by atoms with Gasteiger partial charge in [0.15, 0.2) is 0 Å². The Kier molecular flexibility index (Phi) is 5.48. The van der Waals surface area contributed by atoms with Crippen molar-refractivity contribution >= 4 is 0 Å². The van der Waals surface area contributed by atoms with Crippen molar-refractivity contribution in [2.24, 2.45) is 5.73 Å². The molecule has 112 valence electrons. The smallest absolute Gasteiger partial charge is 0.0972 e. The molecule has 0 saturated carbocycles. The molecule has 1 aliphatic rings. The fourth-order valence-corrected chi connectivity index (χ4v) is 2.90. The lowest BCUT2D eigenvalue weighted by Crippen LogP contribution is -2.41. The van der Waals surface area contributed by atoms with Gasteiger partial charge in [-0.25, -0.2) is 0 Å². The van der Waals surface area contributed by atoms with E-state index in [9.17, 15) is 0 Å². The first kappa shape index (κ1) is 15.4. The lowest BCUT2D eigenvalue weighted by Gasteiger charge is -2.31. The van der Waals surface area contributed by atoms with E-state index in [4.69, 9.17) is 15.2 Å². The number of methoxy groups -OCH3 is 2. The molecule has 0 radical (unpaired) electrons. The van der Waals surface area contributed by atoms with E-state index in [2.05, 4.69) is 16.8 Å². The van der Waals surface area contributed by atoms with E-state index in [0.717, 1.165) is 25.2 Å². The Morgan fingerprint density at radius 2 is 1.95 bits per heavy atom. The second kappa shape index (κ2) is 7.13. The number of ether oxygens (including phenoxy) is 2. The molecule has 1 aromatic heterocycles. The van der Waals surface area contributed by atoms with E-state index in [1.807, 2.05) is 24.4 Å². The summed E-state index contributed by atoms with van der Waals surface area (Å²) in [4.78, 5) is 6.82. The van der Waals surface area contributed by atoms with Crippen LogP contribution >= 0.6 is 0 Å². The Hall–Kier alpha value is -1.01. The third-order valence-electron chi connectivity index (χ3n) is 4.11. The average Bonchev–Trinajstić information content (AvgIpc) is 2.91. The lowest BCUT2D eigenvalue weighted by atomic mass is 10.0. The van der Waals surface area contributed by atoms with Crippen LogP contribution < -0.4 is 5.73 Å². The van der Waals surface area contributed by atoms with Gasteiger partial charge in [-0.15, -0.1) is 0 Å². The SMILES string of the molecule is CCC(N)C(c1ccccn1)N1CC(OC)C(OC)C1. The van der Waals surface area contributed by atoms with Crippen LogP contribution in [0.3, 0.4) is 0 Å². The fraction of sp³-hybridized carbons (Fsp3) is 0.667. The predicted molar refractivity (Wildman–Crippen MR) is 78.4 cm³/mol. The van der Waals surface area contributed by atoms with E-state index in [1.165, 1.54) is 0 Å². The summed E-state index contributed by atoms with van der Waals surface area (Å²) in [6.45, 7) is 3.76. The summed E-state index contributed by atoms with van der Waals surface area (Å²) in [5.41, 5.74) is 7.36. The first-order valence-electron chi connectivity index (χ1n) is 7.17. The third kappa shape index (κ3) is 3.17. The number of nitrogens with two attached hydrogens (primary N) is 1. The van der Waals surface area contributed by atoms with E-state index in [0.29, 0.717) is 0 Å². The number of hydrogen-bond donors (Lipinski definition) is 1. The first-order valence-corrected chi connectivity index (χ1v) is 7.17. The van der Waals surface area contributed by atoms with Gasteiger partial charge in [-0.05, 0) is 18.6 Å². The van der Waals surface area contributed by atoms with Crippen LogP contribution in [0.2, 0.25) is 0 Å². The highest BCUT2D eigenvalue weighted by Crippen LogP contribution is 2.29. The van der Waals surface area contributed by atoms with Crippen LogP contribution in [-0.2, 0) is 9.47 Å². The molecule has 1 saturated heterocycles. The molecule has 0 bridgehead atoms. The largest absolute Gasteiger partial charge is 0.377 e. The Bertz CT molecular complexity index is 389. The van der Waals surface area contributed by atoms with Gasteiger partial charge in [-0.3, -0.25) is 9.88 Å². The number of pyridine rings is 1. The van der Waals surface area contributed by atoms with Gasteiger partial charge in [0.2, 0.25) is 0 Å². The van der Waals surface area contributed by atoms with Gasteiger partial charge in [0.25, 0.3) is 0 Å². The molecular weight excluding hydrogens is 254 g/mol. The van der Waals surface area contributed by atoms with E-state index in [-0.39, 0.29) is 24.3 Å². The van der Waals surface area contributed by atoms with Crippen LogP contribution in [0.1, 0.15) is 25.1 Å². The van der Waals surface area contributed by atoms with Crippen LogP contribution in [0.15, 0.2) is 24.4 Å². The topological polar surface area (TPSA) is 60.6 Å². The van der Waals surface area contributed by atoms with Gasteiger partial charge in [-0.1, -0.05) is 13.0 Å². The zero-order chi connectivity index (χ0) is 14.5. The molecule has 0 aromatic carbocycles. The quantitative estimate of drug-likeness (QED) is 0.848. The summed E-state index contributed by atoms with van der Waals surface area (Å²) in [6.07, 6.45) is 2.92. The van der Waals surface area contributed by atoms with Gasteiger partial charge < -0.3 is 15.2 Å². The maximum absolute atomic E-state index is 6.34. The number of likely N-dealkylation sites (tertiary alicyclic amines) is 1. The molecule has 0 aliphatic carbocycles. The Labute approximate surface area is 121 Å². The Morgan fingerprint density at radius 3 is 2.40 bits per heavy atom. The molecule has 2 heterocycles. The van der Waals surface area contributed by atoms with Crippen LogP contribution in [0, 0.1) is 0 Å². The molecule has 0 amide bonds. The maximum atomic E-state index is 6.34. The molecule has 20 heavy (non-hydrogen) atoms. The lowest BCUT2D eigenvalue weighted by molar-refractivity contribution is -0.00461. The van der Waals surface area contributed by atoms with Crippen molar-refractivity contribution in [2.45, 2.75) is 37.6 Å². The Morgan fingerprint density at radius 1 is 1.30 bits per heavy atom. The van der Waals surface area contributed by atoms with Gasteiger partial charge >= 0.3 is 0 Å². The second-order valence-corrected chi connectivity index (χ2v) is 5.27. The Balaban J connectivity index is 2.20. The van der Waals surface area contributed by atoms with Gasteiger partial charge in [0.1, 0.15) is 0 Å². The molecule has 0 spiro atoms. The molecule has 4 unspecified atom stereocenters. The molecule has 5 nitrogen and oxygen atoms in total. The van der Waals surface area contributed by atoms with E-state index >= 15 is 0 Å². The average molecular weight is 279 g/mol. The summed E-state index contributed by atoms with van der Waals surface area (Å²) in [5.74, 6) is 0. The molecule has 1 aliphatic heterocycles. The zero-order valence-electron chi connectivity index (χ0n) is 12.5. The normalized spacial score (nSPS) is 26.6. The summed E-state index contributed by atoms with van der Waals surface area (Å²) in [5, 5.41) is 0. The fourth-order valence-electron chi connectivity index (χ4n) is 2.90.